The molecule has 5 heteroatoms. The molecule has 0 unspecified atom stereocenters. The molecule has 100 valence electrons. The van der Waals surface area contributed by atoms with Gasteiger partial charge in [-0.05, 0) is 41.4 Å². The summed E-state index contributed by atoms with van der Waals surface area (Å²) in [6, 6.07) is 7.12. The highest BCUT2D eigenvalue weighted by molar-refractivity contribution is 9.10. The summed E-state index contributed by atoms with van der Waals surface area (Å²) in [5, 5.41) is 9.66. The van der Waals surface area contributed by atoms with Crippen LogP contribution < -0.4 is 10.3 Å². The minimum atomic E-state index is -0.315. The summed E-state index contributed by atoms with van der Waals surface area (Å²) in [5.74, 6) is 0.550. The largest absolute Gasteiger partial charge is 0.506 e. The summed E-state index contributed by atoms with van der Waals surface area (Å²) in [4.78, 5) is 12.3. The highest BCUT2D eigenvalue weighted by Gasteiger charge is 2.16. The molecular weight excluding hydrogens is 310 g/mol. The molecule has 0 amide bonds. The quantitative estimate of drug-likeness (QED) is 0.924. The number of aromatic hydroxyl groups is 1. The predicted octanol–water partition coefficient (Wildman–Crippen LogP) is 2.93. The number of halogens is 1. The second-order valence-electron chi connectivity index (χ2n) is 4.25. The molecule has 0 aliphatic carbocycles. The van der Waals surface area contributed by atoms with Crippen LogP contribution in [0.4, 0.5) is 0 Å². The van der Waals surface area contributed by atoms with Crippen molar-refractivity contribution in [2.24, 2.45) is 0 Å². The second-order valence-corrected chi connectivity index (χ2v) is 5.04. The first-order valence-electron chi connectivity index (χ1n) is 5.72. The number of aromatic nitrogens is 1. The Morgan fingerprint density at radius 2 is 2.00 bits per heavy atom. The van der Waals surface area contributed by atoms with Gasteiger partial charge in [0.25, 0.3) is 5.56 Å². The highest BCUT2D eigenvalue weighted by atomic mass is 79.9. The molecule has 4 nitrogen and oxygen atoms in total. The maximum Gasteiger partial charge on any atom is 0.273 e. The Balaban J connectivity index is 2.88. The molecule has 1 aromatic heterocycles. The normalized spacial score (nSPS) is 10.5. The van der Waals surface area contributed by atoms with E-state index in [0.717, 1.165) is 5.56 Å². The highest BCUT2D eigenvalue weighted by Crippen LogP contribution is 2.29. The number of aryl methyl sites for hydroxylation is 2. The van der Waals surface area contributed by atoms with Crippen LogP contribution in [-0.2, 0) is 0 Å². The Bertz CT molecular complexity index is 692. The van der Waals surface area contributed by atoms with Gasteiger partial charge in [0, 0.05) is 11.8 Å². The van der Waals surface area contributed by atoms with Gasteiger partial charge < -0.3 is 9.84 Å². The van der Waals surface area contributed by atoms with E-state index in [4.69, 9.17) is 4.74 Å². The van der Waals surface area contributed by atoms with E-state index < -0.39 is 0 Å². The van der Waals surface area contributed by atoms with Crippen molar-refractivity contribution in [1.82, 2.24) is 4.57 Å². The van der Waals surface area contributed by atoms with Gasteiger partial charge in [-0.25, -0.2) is 0 Å². The summed E-state index contributed by atoms with van der Waals surface area (Å²) in [7, 11) is 1.56. The van der Waals surface area contributed by atoms with Gasteiger partial charge in [0.2, 0.25) is 0 Å². The van der Waals surface area contributed by atoms with Gasteiger partial charge in [-0.1, -0.05) is 12.1 Å². The summed E-state index contributed by atoms with van der Waals surface area (Å²) < 4.78 is 6.99. The van der Waals surface area contributed by atoms with Crippen molar-refractivity contribution < 1.29 is 9.84 Å². The number of methoxy groups -OCH3 is 1. The van der Waals surface area contributed by atoms with E-state index in [1.54, 1.807) is 20.1 Å². The third-order valence-electron chi connectivity index (χ3n) is 2.96. The van der Waals surface area contributed by atoms with Gasteiger partial charge >= 0.3 is 0 Å². The number of nitrogens with zero attached hydrogens (tertiary/aromatic N) is 1. The molecule has 0 bridgehead atoms. The van der Waals surface area contributed by atoms with Crippen LogP contribution in [0.3, 0.4) is 0 Å². The predicted molar refractivity (Wildman–Crippen MR) is 77.4 cm³/mol. The molecule has 0 saturated carbocycles. The van der Waals surface area contributed by atoms with Gasteiger partial charge in [0.15, 0.2) is 0 Å². The lowest BCUT2D eigenvalue weighted by Crippen LogP contribution is -2.22. The second kappa shape index (κ2) is 5.09. The van der Waals surface area contributed by atoms with Crippen molar-refractivity contribution in [1.29, 1.82) is 0 Å². The van der Waals surface area contributed by atoms with Crippen LogP contribution in [0.2, 0.25) is 0 Å². The Hall–Kier alpha value is -1.75. The molecule has 1 heterocycles. The molecule has 1 N–H and O–H groups in total. The zero-order chi connectivity index (χ0) is 14.2. The number of ether oxygens (including phenoxy) is 1. The summed E-state index contributed by atoms with van der Waals surface area (Å²) >= 11 is 3.11. The fourth-order valence-corrected chi connectivity index (χ4v) is 2.35. The minimum Gasteiger partial charge on any atom is -0.506 e. The molecule has 19 heavy (non-hydrogen) atoms. The third-order valence-corrected chi connectivity index (χ3v) is 3.70. The van der Waals surface area contributed by atoms with Crippen molar-refractivity contribution in [2.75, 3.05) is 7.11 Å². The van der Waals surface area contributed by atoms with Crippen LogP contribution in [0, 0.1) is 13.8 Å². The molecule has 0 saturated heterocycles. The van der Waals surface area contributed by atoms with Crippen LogP contribution in [0.5, 0.6) is 11.5 Å². The van der Waals surface area contributed by atoms with Crippen LogP contribution in [0.15, 0.2) is 33.5 Å². The van der Waals surface area contributed by atoms with Gasteiger partial charge in [-0.15, -0.1) is 0 Å². The van der Waals surface area contributed by atoms with Crippen molar-refractivity contribution >= 4 is 15.9 Å². The fourth-order valence-electron chi connectivity index (χ4n) is 2.05. The number of rotatable bonds is 2. The van der Waals surface area contributed by atoms with E-state index in [2.05, 4.69) is 15.9 Å². The van der Waals surface area contributed by atoms with Crippen molar-refractivity contribution in [2.45, 2.75) is 13.8 Å². The van der Waals surface area contributed by atoms with Gasteiger partial charge in [0.05, 0.1) is 12.8 Å². The lowest BCUT2D eigenvalue weighted by molar-refractivity contribution is 0.411. The SMILES string of the molecule is COc1cccc(C)c1-n1c(C)cc(O)c(Br)c1=O. The Kier molecular flexibility index (Phi) is 3.66. The summed E-state index contributed by atoms with van der Waals surface area (Å²) in [6.45, 7) is 3.67. The molecule has 0 atom stereocenters. The maximum atomic E-state index is 12.3. The number of pyridine rings is 1. The van der Waals surface area contributed by atoms with Crippen LogP contribution in [0.25, 0.3) is 5.69 Å². The summed E-state index contributed by atoms with van der Waals surface area (Å²) in [6.07, 6.45) is 0. The smallest absolute Gasteiger partial charge is 0.273 e. The number of hydrogen-bond acceptors (Lipinski definition) is 3. The van der Waals surface area contributed by atoms with E-state index in [1.807, 2.05) is 19.1 Å². The molecule has 0 fully saturated rings. The molecule has 2 rings (SSSR count). The molecule has 2 aromatic rings. The molecular formula is C14H14BrNO3. The number of benzene rings is 1. The Labute approximate surface area is 119 Å². The third kappa shape index (κ3) is 2.26. The number of para-hydroxylation sites is 1. The Morgan fingerprint density at radius 3 is 2.63 bits per heavy atom. The van der Waals surface area contributed by atoms with Crippen molar-refractivity contribution in [3.05, 3.63) is 50.3 Å². The summed E-state index contributed by atoms with van der Waals surface area (Å²) in [5.41, 5.74) is 1.93. The molecule has 0 radical (unpaired) electrons. The lowest BCUT2D eigenvalue weighted by Gasteiger charge is -2.17. The van der Waals surface area contributed by atoms with Crippen LogP contribution in [-0.4, -0.2) is 16.8 Å². The van der Waals surface area contributed by atoms with Crippen LogP contribution >= 0.6 is 15.9 Å². The van der Waals surface area contributed by atoms with Gasteiger partial charge in [-0.2, -0.15) is 0 Å². The van der Waals surface area contributed by atoms with E-state index >= 15 is 0 Å². The minimum absolute atomic E-state index is 0.0636. The van der Waals surface area contributed by atoms with Crippen molar-refractivity contribution in [3.63, 3.8) is 0 Å². The number of hydrogen-bond donors (Lipinski definition) is 1. The van der Waals surface area contributed by atoms with Gasteiger partial charge in [0.1, 0.15) is 16.0 Å². The Morgan fingerprint density at radius 1 is 1.32 bits per heavy atom. The first-order chi connectivity index (χ1) is 8.97. The van der Waals surface area contributed by atoms with Crippen LogP contribution in [0.1, 0.15) is 11.3 Å². The van der Waals surface area contributed by atoms with E-state index in [-0.39, 0.29) is 15.8 Å². The van der Waals surface area contributed by atoms with Crippen molar-refractivity contribution in [3.8, 4) is 17.2 Å². The molecule has 0 aliphatic heterocycles. The average Bonchev–Trinajstić information content (AvgIpc) is 2.38. The fraction of sp³-hybridized carbons (Fsp3) is 0.214. The first kappa shape index (κ1) is 13.7. The zero-order valence-corrected chi connectivity index (χ0v) is 12.5. The van der Waals surface area contributed by atoms with E-state index in [1.165, 1.54) is 10.6 Å². The monoisotopic (exact) mass is 323 g/mol. The van der Waals surface area contributed by atoms with E-state index in [0.29, 0.717) is 17.1 Å². The lowest BCUT2D eigenvalue weighted by atomic mass is 10.1. The maximum absolute atomic E-state index is 12.3. The first-order valence-corrected chi connectivity index (χ1v) is 6.51. The van der Waals surface area contributed by atoms with E-state index in [9.17, 15) is 9.90 Å². The van der Waals surface area contributed by atoms with Gasteiger partial charge in [-0.3, -0.25) is 9.36 Å². The average molecular weight is 324 g/mol. The standard InChI is InChI=1S/C14H14BrNO3/c1-8-5-4-6-11(19-3)13(8)16-9(2)7-10(17)12(15)14(16)18/h4-7,17H,1-3H3. The molecule has 1 aromatic carbocycles. The topological polar surface area (TPSA) is 51.5 Å². The zero-order valence-electron chi connectivity index (χ0n) is 10.9. The molecule has 0 aliphatic rings. The molecule has 0 spiro atoms.